The van der Waals surface area contributed by atoms with Crippen molar-refractivity contribution in [3.63, 3.8) is 0 Å². The molecule has 88 valence electrons. The summed E-state index contributed by atoms with van der Waals surface area (Å²) < 4.78 is 5.17. The van der Waals surface area contributed by atoms with Crippen LogP contribution in [0.5, 0.6) is 0 Å². The molecule has 6 heteroatoms. The first-order valence-corrected chi connectivity index (χ1v) is 5.25. The van der Waals surface area contributed by atoms with Gasteiger partial charge in [-0.1, -0.05) is 0 Å². The number of aliphatic hydroxyl groups excluding tert-OH is 1. The molecule has 0 spiro atoms. The Morgan fingerprint density at radius 3 is 3.06 bits per heavy atom. The van der Waals surface area contributed by atoms with Gasteiger partial charge in [0.25, 0.3) is 0 Å². The molecule has 0 amide bonds. The molecule has 1 aliphatic rings. The molecule has 3 N–H and O–H groups in total. The van der Waals surface area contributed by atoms with Crippen molar-refractivity contribution in [1.29, 1.82) is 0 Å². The molecule has 0 aromatic carbocycles. The number of nitrogens with two attached hydrogens (primary N) is 1. The maximum atomic E-state index is 9.82. The van der Waals surface area contributed by atoms with Gasteiger partial charge in [0.15, 0.2) is 0 Å². The van der Waals surface area contributed by atoms with Crippen LogP contribution in [0.25, 0.3) is 0 Å². The van der Waals surface area contributed by atoms with Crippen molar-refractivity contribution in [3.05, 3.63) is 12.3 Å². The van der Waals surface area contributed by atoms with Gasteiger partial charge in [0.2, 0.25) is 5.95 Å². The second-order valence-corrected chi connectivity index (χ2v) is 3.86. The largest absolute Gasteiger partial charge is 0.389 e. The van der Waals surface area contributed by atoms with Gasteiger partial charge in [0, 0.05) is 26.4 Å². The molecule has 0 saturated carbocycles. The Kier molecular flexibility index (Phi) is 3.21. The number of nitrogen functional groups attached to an aromatic ring is 1. The topological polar surface area (TPSA) is 84.5 Å². The fraction of sp³-hybridized carbons (Fsp3) is 0.600. The quantitative estimate of drug-likeness (QED) is 0.714. The van der Waals surface area contributed by atoms with Crippen molar-refractivity contribution in [2.75, 3.05) is 30.8 Å². The maximum absolute atomic E-state index is 9.82. The molecule has 0 aliphatic carbocycles. The van der Waals surface area contributed by atoms with Crippen LogP contribution in [-0.2, 0) is 4.74 Å². The third kappa shape index (κ3) is 2.23. The van der Waals surface area contributed by atoms with Gasteiger partial charge >= 0.3 is 0 Å². The van der Waals surface area contributed by atoms with Crippen molar-refractivity contribution in [3.8, 4) is 0 Å². The van der Waals surface area contributed by atoms with E-state index in [1.54, 1.807) is 19.4 Å². The van der Waals surface area contributed by atoms with Gasteiger partial charge in [0.05, 0.1) is 12.2 Å². The average Bonchev–Trinajstić information content (AvgIpc) is 2.29. The first-order chi connectivity index (χ1) is 7.70. The number of aliphatic hydroxyl groups is 1. The van der Waals surface area contributed by atoms with Gasteiger partial charge in [0.1, 0.15) is 5.82 Å². The molecule has 6 nitrogen and oxygen atoms in total. The van der Waals surface area contributed by atoms with Crippen molar-refractivity contribution < 1.29 is 9.84 Å². The standard InChI is InChI=1S/C10H16N4O2/c1-16-8-3-5-14(6-7(8)15)10-12-4-2-9(11)13-10/h2,4,7-8,15H,3,5-6H2,1H3,(H2,11,12,13)/t7-,8?/m1/s1. The highest BCUT2D eigenvalue weighted by Gasteiger charge is 2.28. The number of methoxy groups -OCH3 is 1. The average molecular weight is 224 g/mol. The molecule has 2 atom stereocenters. The van der Waals surface area contributed by atoms with E-state index in [1.165, 1.54) is 0 Å². The summed E-state index contributed by atoms with van der Waals surface area (Å²) in [5.74, 6) is 1.00. The molecular weight excluding hydrogens is 208 g/mol. The molecular formula is C10H16N4O2. The second-order valence-electron chi connectivity index (χ2n) is 3.86. The smallest absolute Gasteiger partial charge is 0.227 e. The van der Waals surface area contributed by atoms with Crippen molar-refractivity contribution >= 4 is 11.8 Å². The number of hydrogen-bond acceptors (Lipinski definition) is 6. The zero-order chi connectivity index (χ0) is 11.5. The predicted molar refractivity (Wildman–Crippen MR) is 60.1 cm³/mol. The van der Waals surface area contributed by atoms with Gasteiger partial charge in [-0.3, -0.25) is 0 Å². The first kappa shape index (κ1) is 11.1. The fourth-order valence-corrected chi connectivity index (χ4v) is 1.88. The van der Waals surface area contributed by atoms with E-state index in [1.807, 2.05) is 4.90 Å². The van der Waals surface area contributed by atoms with Crippen LogP contribution in [0.1, 0.15) is 6.42 Å². The number of piperidine rings is 1. The van der Waals surface area contributed by atoms with E-state index in [9.17, 15) is 5.11 Å². The second kappa shape index (κ2) is 4.63. The Balaban J connectivity index is 2.07. The zero-order valence-corrected chi connectivity index (χ0v) is 9.21. The van der Waals surface area contributed by atoms with Crippen LogP contribution in [0.3, 0.4) is 0 Å². The van der Waals surface area contributed by atoms with Gasteiger partial charge in [-0.2, -0.15) is 4.98 Å². The molecule has 1 aromatic rings. The molecule has 1 aromatic heterocycles. The van der Waals surface area contributed by atoms with E-state index in [-0.39, 0.29) is 6.10 Å². The summed E-state index contributed by atoms with van der Waals surface area (Å²) in [4.78, 5) is 10.2. The van der Waals surface area contributed by atoms with E-state index in [2.05, 4.69) is 9.97 Å². The number of nitrogens with zero attached hydrogens (tertiary/aromatic N) is 3. The van der Waals surface area contributed by atoms with Crippen LogP contribution < -0.4 is 10.6 Å². The molecule has 0 bridgehead atoms. The molecule has 0 radical (unpaired) electrons. The lowest BCUT2D eigenvalue weighted by Crippen LogP contribution is -2.48. The molecule has 16 heavy (non-hydrogen) atoms. The van der Waals surface area contributed by atoms with Crippen LogP contribution in [0.15, 0.2) is 12.3 Å². The summed E-state index contributed by atoms with van der Waals surface area (Å²) >= 11 is 0. The molecule has 1 unspecified atom stereocenters. The Labute approximate surface area is 94.1 Å². The number of anilines is 2. The lowest BCUT2D eigenvalue weighted by molar-refractivity contribution is -0.0219. The highest BCUT2D eigenvalue weighted by molar-refractivity contribution is 5.38. The van der Waals surface area contributed by atoms with Gasteiger partial charge in [-0.25, -0.2) is 4.98 Å². The monoisotopic (exact) mass is 224 g/mol. The third-order valence-corrected chi connectivity index (χ3v) is 2.77. The molecule has 2 heterocycles. The molecule has 1 aliphatic heterocycles. The van der Waals surface area contributed by atoms with Gasteiger partial charge in [-0.15, -0.1) is 0 Å². The lowest BCUT2D eigenvalue weighted by atomic mass is 10.1. The maximum Gasteiger partial charge on any atom is 0.227 e. The predicted octanol–water partition coefficient (Wildman–Crippen LogP) is -0.355. The van der Waals surface area contributed by atoms with E-state index >= 15 is 0 Å². The Morgan fingerprint density at radius 2 is 2.44 bits per heavy atom. The van der Waals surface area contributed by atoms with Crippen LogP contribution in [-0.4, -0.2) is 47.5 Å². The van der Waals surface area contributed by atoms with Crippen LogP contribution in [0.2, 0.25) is 0 Å². The fourth-order valence-electron chi connectivity index (χ4n) is 1.88. The van der Waals surface area contributed by atoms with E-state index in [0.717, 1.165) is 13.0 Å². The SMILES string of the molecule is COC1CCN(c2nccc(N)n2)C[C@H]1O. The summed E-state index contributed by atoms with van der Waals surface area (Å²) in [6.45, 7) is 1.24. The van der Waals surface area contributed by atoms with E-state index in [0.29, 0.717) is 18.3 Å². The molecule has 2 rings (SSSR count). The third-order valence-electron chi connectivity index (χ3n) is 2.77. The molecule has 1 fully saturated rings. The van der Waals surface area contributed by atoms with Gasteiger partial charge in [-0.05, 0) is 12.5 Å². The summed E-state index contributed by atoms with van der Waals surface area (Å²) in [7, 11) is 1.61. The summed E-state index contributed by atoms with van der Waals surface area (Å²) in [6, 6.07) is 1.64. The minimum absolute atomic E-state index is 0.0997. The molecule has 1 saturated heterocycles. The zero-order valence-electron chi connectivity index (χ0n) is 9.21. The van der Waals surface area contributed by atoms with Crippen molar-refractivity contribution in [2.45, 2.75) is 18.6 Å². The minimum Gasteiger partial charge on any atom is -0.389 e. The number of hydrogen-bond donors (Lipinski definition) is 2. The number of rotatable bonds is 2. The summed E-state index contributed by atoms with van der Waals surface area (Å²) in [5, 5.41) is 9.82. The van der Waals surface area contributed by atoms with Crippen LogP contribution >= 0.6 is 0 Å². The first-order valence-electron chi connectivity index (χ1n) is 5.25. The Bertz CT molecular complexity index is 360. The number of aromatic nitrogens is 2. The van der Waals surface area contributed by atoms with E-state index < -0.39 is 6.10 Å². The van der Waals surface area contributed by atoms with Crippen LogP contribution in [0.4, 0.5) is 11.8 Å². The van der Waals surface area contributed by atoms with Crippen molar-refractivity contribution in [1.82, 2.24) is 9.97 Å². The lowest BCUT2D eigenvalue weighted by Gasteiger charge is -2.35. The number of β-amino-alcohol motifs (C(OH)–C–C–N with tert-alkyl or cyclic N) is 1. The normalized spacial score (nSPS) is 25.8. The summed E-state index contributed by atoms with van der Waals surface area (Å²) in [5.41, 5.74) is 5.59. The Morgan fingerprint density at radius 1 is 1.62 bits per heavy atom. The Hall–Kier alpha value is -1.40. The highest BCUT2D eigenvalue weighted by Crippen LogP contribution is 2.18. The van der Waals surface area contributed by atoms with Gasteiger partial charge < -0.3 is 20.5 Å². The van der Waals surface area contributed by atoms with E-state index in [4.69, 9.17) is 10.5 Å². The minimum atomic E-state index is -0.510. The highest BCUT2D eigenvalue weighted by atomic mass is 16.5. The number of ether oxygens (including phenoxy) is 1. The van der Waals surface area contributed by atoms with Crippen LogP contribution in [0, 0.1) is 0 Å². The van der Waals surface area contributed by atoms with Crippen molar-refractivity contribution in [2.24, 2.45) is 0 Å². The summed E-state index contributed by atoms with van der Waals surface area (Å²) in [6.07, 6.45) is 1.77.